The Morgan fingerprint density at radius 3 is 2.42 bits per heavy atom. The minimum atomic E-state index is -0.812. The topological polar surface area (TPSA) is 79.3 Å². The molecule has 2 heterocycles. The van der Waals surface area contributed by atoms with Crippen LogP contribution >= 0.6 is 23.2 Å². The Kier molecular flexibility index (Phi) is 8.76. The van der Waals surface area contributed by atoms with Gasteiger partial charge in [0.05, 0.1) is 34.9 Å². The van der Waals surface area contributed by atoms with Crippen LogP contribution in [0.5, 0.6) is 5.75 Å². The maximum absolute atomic E-state index is 13.3. The first-order valence-electron chi connectivity index (χ1n) is 13.1. The number of hydrogen-bond donors (Lipinski definition) is 1. The minimum absolute atomic E-state index is 0.0128. The molecule has 3 aromatic rings. The molecule has 2 aliphatic heterocycles. The van der Waals surface area contributed by atoms with Crippen molar-refractivity contribution in [2.45, 2.75) is 19.6 Å². The highest BCUT2D eigenvalue weighted by Crippen LogP contribution is 2.41. The average Bonchev–Trinajstić information content (AvgIpc) is 3.22. The second-order valence-electron chi connectivity index (χ2n) is 9.92. The van der Waals surface area contributed by atoms with Gasteiger partial charge in [0.15, 0.2) is 0 Å². The lowest BCUT2D eigenvalue weighted by Crippen LogP contribution is -2.42. The number of Topliss-reactive ketones (excluding diaryl/α,β-unsaturated/α-hetero) is 1. The molecule has 1 amide bonds. The van der Waals surface area contributed by atoms with Gasteiger partial charge in [-0.2, -0.15) is 0 Å². The second-order valence-corrected chi connectivity index (χ2v) is 10.7. The van der Waals surface area contributed by atoms with Crippen LogP contribution in [0.2, 0.25) is 10.0 Å². The molecule has 9 heteroatoms. The SMILES string of the molecule is Cc1cccc(COc2ccc(/C(O)=C3\C(=O)C(=O)N(CCN4CCOCC4)C3c3ccc(Cl)c(Cl)c3)cc2)c1. The number of aliphatic hydroxyl groups excluding tert-OH is 1. The molecule has 0 spiro atoms. The Hall–Kier alpha value is -3.36. The highest BCUT2D eigenvalue weighted by Gasteiger charge is 2.46. The van der Waals surface area contributed by atoms with E-state index in [2.05, 4.69) is 11.0 Å². The predicted octanol–water partition coefficient (Wildman–Crippen LogP) is 5.63. The van der Waals surface area contributed by atoms with E-state index in [1.807, 2.05) is 25.1 Å². The summed E-state index contributed by atoms with van der Waals surface area (Å²) in [5.41, 5.74) is 3.21. The Labute approximate surface area is 243 Å². The zero-order valence-electron chi connectivity index (χ0n) is 22.1. The van der Waals surface area contributed by atoms with Crippen molar-refractivity contribution >= 4 is 40.7 Å². The first-order chi connectivity index (χ1) is 19.3. The number of aryl methyl sites for hydroxylation is 1. The van der Waals surface area contributed by atoms with Crippen LogP contribution in [0, 0.1) is 6.92 Å². The van der Waals surface area contributed by atoms with Crippen LogP contribution in [0.25, 0.3) is 5.76 Å². The number of hydrogen-bond acceptors (Lipinski definition) is 6. The van der Waals surface area contributed by atoms with E-state index in [0.717, 1.165) is 24.2 Å². The van der Waals surface area contributed by atoms with Crippen LogP contribution in [0.15, 0.2) is 72.3 Å². The Bertz CT molecular complexity index is 1430. The molecule has 1 N–H and O–H groups in total. The number of ether oxygens (including phenoxy) is 2. The molecule has 0 radical (unpaired) electrons. The van der Waals surface area contributed by atoms with Gasteiger partial charge in [-0.25, -0.2) is 0 Å². The number of ketones is 1. The highest BCUT2D eigenvalue weighted by atomic mass is 35.5. The van der Waals surface area contributed by atoms with Gasteiger partial charge in [-0.1, -0.05) is 59.1 Å². The fourth-order valence-electron chi connectivity index (χ4n) is 5.05. The summed E-state index contributed by atoms with van der Waals surface area (Å²) in [6.45, 7) is 6.05. The Morgan fingerprint density at radius 1 is 0.975 bits per heavy atom. The molecular weight excluding hydrogens is 551 g/mol. The number of carbonyl (C=O) groups is 2. The fraction of sp³-hybridized carbons (Fsp3) is 0.290. The monoisotopic (exact) mass is 580 g/mol. The van der Waals surface area contributed by atoms with E-state index in [-0.39, 0.29) is 11.3 Å². The average molecular weight is 581 g/mol. The van der Waals surface area contributed by atoms with Crippen molar-refractivity contribution < 1.29 is 24.2 Å². The molecule has 1 atom stereocenters. The van der Waals surface area contributed by atoms with Crippen molar-refractivity contribution in [2.24, 2.45) is 0 Å². The van der Waals surface area contributed by atoms with E-state index >= 15 is 0 Å². The molecular formula is C31H30Cl2N2O5. The first-order valence-corrected chi connectivity index (χ1v) is 13.9. The molecule has 1 unspecified atom stereocenters. The third-order valence-corrected chi connectivity index (χ3v) is 7.91. The number of halogens is 2. The van der Waals surface area contributed by atoms with Crippen molar-refractivity contribution in [1.82, 2.24) is 9.80 Å². The molecule has 0 aliphatic carbocycles. The lowest BCUT2D eigenvalue weighted by Gasteiger charge is -2.31. The largest absolute Gasteiger partial charge is 0.507 e. The van der Waals surface area contributed by atoms with Gasteiger partial charge in [-0.05, 0) is 54.4 Å². The summed E-state index contributed by atoms with van der Waals surface area (Å²) in [7, 11) is 0. The smallest absolute Gasteiger partial charge is 0.295 e. The molecule has 0 saturated carbocycles. The van der Waals surface area contributed by atoms with Gasteiger partial charge in [0.2, 0.25) is 0 Å². The fourth-order valence-corrected chi connectivity index (χ4v) is 5.35. The number of likely N-dealkylation sites (tertiary alicyclic amines) is 1. The maximum atomic E-state index is 13.3. The molecule has 3 aromatic carbocycles. The van der Waals surface area contributed by atoms with Crippen LogP contribution in [-0.4, -0.2) is 66.0 Å². The van der Waals surface area contributed by atoms with Gasteiger partial charge in [0, 0.05) is 31.7 Å². The van der Waals surface area contributed by atoms with Crippen LogP contribution < -0.4 is 4.74 Å². The van der Waals surface area contributed by atoms with Gasteiger partial charge in [0.25, 0.3) is 11.7 Å². The van der Waals surface area contributed by atoms with E-state index in [4.69, 9.17) is 32.7 Å². The summed E-state index contributed by atoms with van der Waals surface area (Å²) < 4.78 is 11.3. The molecule has 2 aliphatic rings. The van der Waals surface area contributed by atoms with E-state index < -0.39 is 17.7 Å². The number of rotatable bonds is 8. The predicted molar refractivity (Wildman–Crippen MR) is 155 cm³/mol. The lowest BCUT2D eigenvalue weighted by molar-refractivity contribution is -0.140. The van der Waals surface area contributed by atoms with Crippen LogP contribution in [0.1, 0.15) is 28.3 Å². The second kappa shape index (κ2) is 12.4. The van der Waals surface area contributed by atoms with Gasteiger partial charge < -0.3 is 19.5 Å². The van der Waals surface area contributed by atoms with E-state index in [1.165, 1.54) is 4.90 Å². The van der Waals surface area contributed by atoms with E-state index in [0.29, 0.717) is 59.8 Å². The van der Waals surface area contributed by atoms with Crippen molar-refractivity contribution in [3.63, 3.8) is 0 Å². The molecule has 2 saturated heterocycles. The molecule has 0 bridgehead atoms. The minimum Gasteiger partial charge on any atom is -0.507 e. The highest BCUT2D eigenvalue weighted by molar-refractivity contribution is 6.46. The molecule has 2 fully saturated rings. The van der Waals surface area contributed by atoms with Crippen molar-refractivity contribution in [3.8, 4) is 5.75 Å². The molecule has 7 nitrogen and oxygen atoms in total. The maximum Gasteiger partial charge on any atom is 0.295 e. The number of amides is 1. The summed E-state index contributed by atoms with van der Waals surface area (Å²) in [4.78, 5) is 30.3. The van der Waals surface area contributed by atoms with Crippen LogP contribution in [0.3, 0.4) is 0 Å². The molecule has 40 heavy (non-hydrogen) atoms. The number of morpholine rings is 1. The summed E-state index contributed by atoms with van der Waals surface area (Å²) in [6.07, 6.45) is 0. The lowest BCUT2D eigenvalue weighted by atomic mass is 9.95. The first kappa shape index (κ1) is 28.2. The zero-order chi connectivity index (χ0) is 28.2. The van der Waals surface area contributed by atoms with Crippen LogP contribution in [-0.2, 0) is 20.9 Å². The number of carbonyl (C=O) groups excluding carboxylic acids is 2. The third kappa shape index (κ3) is 6.18. The number of aliphatic hydroxyl groups is 1. The van der Waals surface area contributed by atoms with E-state index in [9.17, 15) is 14.7 Å². The van der Waals surface area contributed by atoms with Gasteiger partial charge >= 0.3 is 0 Å². The van der Waals surface area contributed by atoms with Crippen molar-refractivity contribution in [1.29, 1.82) is 0 Å². The zero-order valence-corrected chi connectivity index (χ0v) is 23.6. The van der Waals surface area contributed by atoms with Gasteiger partial charge in [-0.3, -0.25) is 14.5 Å². The van der Waals surface area contributed by atoms with Gasteiger partial charge in [-0.15, -0.1) is 0 Å². The molecule has 208 valence electrons. The van der Waals surface area contributed by atoms with Crippen LogP contribution in [0.4, 0.5) is 0 Å². The summed E-state index contributed by atoms with van der Waals surface area (Å²) >= 11 is 12.5. The number of nitrogens with zero attached hydrogens (tertiary/aromatic N) is 2. The third-order valence-electron chi connectivity index (χ3n) is 7.18. The summed E-state index contributed by atoms with van der Waals surface area (Å²) in [6, 6.07) is 19.0. The quantitative estimate of drug-likeness (QED) is 0.211. The van der Waals surface area contributed by atoms with Crippen molar-refractivity contribution in [3.05, 3.63) is 105 Å². The standard InChI is InChI=1S/C31H30Cl2N2O5/c1-20-3-2-4-21(17-20)19-40-24-8-5-22(6-9-24)29(36)27-28(23-7-10-25(32)26(33)18-23)35(31(38)30(27)37)12-11-34-13-15-39-16-14-34/h2-10,17-18,28,36H,11-16,19H2,1H3/b29-27+. The molecule has 5 rings (SSSR count). The van der Waals surface area contributed by atoms with Crippen molar-refractivity contribution in [2.75, 3.05) is 39.4 Å². The number of benzene rings is 3. The van der Waals surface area contributed by atoms with E-state index in [1.54, 1.807) is 42.5 Å². The Balaban J connectivity index is 1.43. The summed E-state index contributed by atoms with van der Waals surface area (Å²) in [5, 5.41) is 12.0. The van der Waals surface area contributed by atoms with Gasteiger partial charge in [0.1, 0.15) is 18.1 Å². The normalized spacial score (nSPS) is 19.3. The summed E-state index contributed by atoms with van der Waals surface area (Å²) in [5.74, 6) is -1.04. The molecule has 0 aromatic heterocycles. The Morgan fingerprint density at radius 2 is 1.73 bits per heavy atom.